The maximum absolute atomic E-state index is 13.4. The van der Waals surface area contributed by atoms with Gasteiger partial charge in [-0.1, -0.05) is 41.5 Å². The molecule has 0 radical (unpaired) electrons. The summed E-state index contributed by atoms with van der Waals surface area (Å²) in [5.74, 6) is 4.76. The molecule has 10 heteroatoms. The molecule has 1 aliphatic heterocycles. The van der Waals surface area contributed by atoms with Crippen LogP contribution in [0.5, 0.6) is 11.8 Å². The van der Waals surface area contributed by atoms with E-state index >= 15 is 0 Å². The highest BCUT2D eigenvalue weighted by atomic mass is 32.2. The van der Waals surface area contributed by atoms with E-state index in [4.69, 9.17) is 9.47 Å². The minimum Gasteiger partial charge on any atom is -0.481 e. The van der Waals surface area contributed by atoms with Crippen molar-refractivity contribution in [2.75, 3.05) is 19.0 Å². The van der Waals surface area contributed by atoms with Crippen LogP contribution in [0, 0.1) is 5.41 Å². The third-order valence-corrected chi connectivity index (χ3v) is 6.73. The predicted octanol–water partition coefficient (Wildman–Crippen LogP) is 3.76. The van der Waals surface area contributed by atoms with Gasteiger partial charge in [0.05, 0.1) is 47.5 Å². The van der Waals surface area contributed by atoms with Crippen molar-refractivity contribution in [3.05, 3.63) is 23.5 Å². The van der Waals surface area contributed by atoms with Crippen LogP contribution in [0.25, 0.3) is 0 Å². The molecule has 0 aromatic carbocycles. The van der Waals surface area contributed by atoms with Gasteiger partial charge in [-0.3, -0.25) is 4.72 Å². The van der Waals surface area contributed by atoms with Crippen molar-refractivity contribution in [2.45, 2.75) is 64.8 Å². The molecule has 0 bridgehead atoms. The molecule has 0 saturated heterocycles. The molecular weight excluding hydrogens is 430 g/mol. The highest BCUT2D eigenvalue weighted by Crippen LogP contribution is 2.35. The third kappa shape index (κ3) is 4.85. The number of nitrogens with zero attached hydrogens (tertiary/aromatic N) is 3. The second-order valence-electron chi connectivity index (χ2n) is 9.48. The van der Waals surface area contributed by atoms with Crippen LogP contribution >= 0.6 is 0 Å². The van der Waals surface area contributed by atoms with Crippen LogP contribution in [0.1, 0.15) is 64.6 Å². The van der Waals surface area contributed by atoms with Gasteiger partial charge in [-0.05, 0) is 23.3 Å². The molecule has 9 nitrogen and oxygen atoms in total. The number of hydrogen-bond donors (Lipinski definition) is 2. The summed E-state index contributed by atoms with van der Waals surface area (Å²) in [6, 6.07) is 1.16. The maximum atomic E-state index is 13.4. The lowest BCUT2D eigenvalue weighted by Crippen LogP contribution is -2.36. The Morgan fingerprint density at radius 1 is 1.31 bits per heavy atom. The smallest absolute Gasteiger partial charge is 0.330 e. The first-order valence-corrected chi connectivity index (χ1v) is 12.3. The van der Waals surface area contributed by atoms with Gasteiger partial charge in [0.25, 0.3) is 0 Å². The lowest BCUT2D eigenvalue weighted by atomic mass is 9.94. The number of pyridine rings is 1. The summed E-state index contributed by atoms with van der Waals surface area (Å²) in [6.07, 6.45) is 1.44. The standard InChI is InChI=1S/C22H33N5O4S/c1-13(2)15-9-17(30-7)24-18(14(3)4)19(15)25-21(28)26-32(8,29)16-10-23-27-11-22(5,6)12-31-20(16)27/h9-10,13-14H,8,11-12H2,1-7H3,(H2,25,26,28,29). The second kappa shape index (κ2) is 8.65. The van der Waals surface area contributed by atoms with Crippen molar-refractivity contribution in [2.24, 2.45) is 5.41 Å². The Labute approximate surface area is 190 Å². The minimum absolute atomic E-state index is 0.0291. The molecule has 2 aromatic heterocycles. The highest BCUT2D eigenvalue weighted by Gasteiger charge is 2.32. The van der Waals surface area contributed by atoms with Crippen LogP contribution in [0.15, 0.2) is 17.2 Å². The molecule has 0 aliphatic carbocycles. The van der Waals surface area contributed by atoms with Gasteiger partial charge in [-0.15, -0.1) is 0 Å². The topological polar surface area (TPSA) is 107 Å². The van der Waals surface area contributed by atoms with Crippen LogP contribution < -0.4 is 19.5 Å². The normalized spacial score (nSPS) is 16.8. The Bertz CT molecular complexity index is 1090. The van der Waals surface area contributed by atoms with Gasteiger partial charge in [-0.25, -0.2) is 18.7 Å². The number of methoxy groups -OCH3 is 1. The molecule has 32 heavy (non-hydrogen) atoms. The van der Waals surface area contributed by atoms with E-state index in [1.165, 1.54) is 6.20 Å². The zero-order valence-electron chi connectivity index (χ0n) is 19.8. The van der Waals surface area contributed by atoms with Crippen LogP contribution in [0.4, 0.5) is 10.5 Å². The highest BCUT2D eigenvalue weighted by molar-refractivity contribution is 7.99. The fourth-order valence-electron chi connectivity index (χ4n) is 3.57. The van der Waals surface area contributed by atoms with Crippen molar-refractivity contribution in [3.63, 3.8) is 0 Å². The fraction of sp³-hybridized carbons (Fsp3) is 0.545. The molecule has 2 aromatic rings. The zero-order chi connectivity index (χ0) is 23.8. The van der Waals surface area contributed by atoms with Crippen LogP contribution in [0.2, 0.25) is 0 Å². The first-order valence-electron chi connectivity index (χ1n) is 10.6. The Hall–Kier alpha value is -2.75. The molecule has 0 fully saturated rings. The molecular formula is C22H33N5O4S. The fourth-order valence-corrected chi connectivity index (χ4v) is 4.70. The number of aromatic nitrogens is 3. The number of carbonyl (C=O) groups excluding carboxylic acids is 1. The zero-order valence-corrected chi connectivity index (χ0v) is 20.6. The number of rotatable bonds is 6. The van der Waals surface area contributed by atoms with Crippen molar-refractivity contribution in [3.8, 4) is 11.8 Å². The van der Waals surface area contributed by atoms with E-state index in [0.717, 1.165) is 5.56 Å². The lowest BCUT2D eigenvalue weighted by molar-refractivity contribution is 0.0972. The average Bonchev–Trinajstić information content (AvgIpc) is 3.09. The van der Waals surface area contributed by atoms with Crippen molar-refractivity contribution < 1.29 is 18.5 Å². The summed E-state index contributed by atoms with van der Waals surface area (Å²) in [4.78, 5) is 17.7. The van der Waals surface area contributed by atoms with Gasteiger partial charge in [-0.2, -0.15) is 5.10 Å². The molecule has 0 saturated carbocycles. The second-order valence-corrected chi connectivity index (χ2v) is 11.5. The van der Waals surface area contributed by atoms with Gasteiger partial charge in [0, 0.05) is 11.5 Å². The summed E-state index contributed by atoms with van der Waals surface area (Å²) in [5, 5.41) is 7.13. The van der Waals surface area contributed by atoms with E-state index in [1.54, 1.807) is 17.9 Å². The molecule has 0 spiro atoms. The summed E-state index contributed by atoms with van der Waals surface area (Å²) < 4.78 is 28.7. The Morgan fingerprint density at radius 2 is 2.00 bits per heavy atom. The van der Waals surface area contributed by atoms with Gasteiger partial charge in [0.15, 0.2) is 0 Å². The predicted molar refractivity (Wildman–Crippen MR) is 126 cm³/mol. The van der Waals surface area contributed by atoms with E-state index in [2.05, 4.69) is 39.8 Å². The van der Waals surface area contributed by atoms with Gasteiger partial charge in [0.2, 0.25) is 11.8 Å². The molecule has 1 aliphatic rings. The minimum atomic E-state index is -3.21. The van der Waals surface area contributed by atoms with Crippen molar-refractivity contribution in [1.29, 1.82) is 0 Å². The van der Waals surface area contributed by atoms with E-state index in [-0.39, 0.29) is 22.1 Å². The monoisotopic (exact) mass is 463 g/mol. The number of anilines is 1. The lowest BCUT2D eigenvalue weighted by Gasteiger charge is -2.30. The van der Waals surface area contributed by atoms with Crippen molar-refractivity contribution in [1.82, 2.24) is 19.5 Å². The quantitative estimate of drug-likeness (QED) is 0.632. The van der Waals surface area contributed by atoms with E-state index in [0.29, 0.717) is 36.3 Å². The Morgan fingerprint density at radius 3 is 2.59 bits per heavy atom. The molecule has 1 atom stereocenters. The van der Waals surface area contributed by atoms with E-state index < -0.39 is 15.7 Å². The average molecular weight is 464 g/mol. The largest absolute Gasteiger partial charge is 0.481 e. The maximum Gasteiger partial charge on any atom is 0.330 e. The summed E-state index contributed by atoms with van der Waals surface area (Å²) in [7, 11) is -1.65. The number of ether oxygens (including phenoxy) is 2. The molecule has 3 rings (SSSR count). The van der Waals surface area contributed by atoms with Crippen LogP contribution in [-0.2, 0) is 16.3 Å². The molecule has 3 heterocycles. The van der Waals surface area contributed by atoms with E-state index in [9.17, 15) is 9.00 Å². The van der Waals surface area contributed by atoms with Crippen LogP contribution in [-0.4, -0.2) is 44.6 Å². The number of fused-ring (bicyclic) bond motifs is 1. The Kier molecular flexibility index (Phi) is 6.46. The molecule has 2 amide bonds. The first-order chi connectivity index (χ1) is 14.8. The van der Waals surface area contributed by atoms with Gasteiger partial charge in [0.1, 0.15) is 4.90 Å². The number of nitrogens with one attached hydrogen (secondary N) is 2. The third-order valence-electron chi connectivity index (χ3n) is 5.22. The van der Waals surface area contributed by atoms with Gasteiger partial charge < -0.3 is 14.8 Å². The summed E-state index contributed by atoms with van der Waals surface area (Å²) >= 11 is 0. The van der Waals surface area contributed by atoms with E-state index in [1.807, 2.05) is 27.7 Å². The number of urea groups is 1. The summed E-state index contributed by atoms with van der Waals surface area (Å²) in [5.41, 5.74) is 2.05. The SMILES string of the molecule is C=S(=O)(NC(=O)Nc1c(C(C)C)cc(OC)nc1C(C)C)c1cnn2c1OCC(C)(C)C2. The molecule has 176 valence electrons. The van der Waals surface area contributed by atoms with Gasteiger partial charge >= 0.3 is 6.03 Å². The first kappa shape index (κ1) is 23.9. The summed E-state index contributed by atoms with van der Waals surface area (Å²) in [6.45, 7) is 13.2. The molecule has 1 unspecified atom stereocenters. The Balaban J connectivity index is 1.89. The number of hydrogen-bond acceptors (Lipinski definition) is 6. The number of amides is 2. The molecule has 2 N–H and O–H groups in total. The van der Waals surface area contributed by atoms with Crippen LogP contribution in [0.3, 0.4) is 0 Å². The van der Waals surface area contributed by atoms with Crippen molar-refractivity contribution >= 4 is 27.3 Å². The number of carbonyl (C=O) groups is 1.